The molecule has 0 bridgehead atoms. The second-order valence-electron chi connectivity index (χ2n) is 6.59. The Labute approximate surface area is 189 Å². The van der Waals surface area contributed by atoms with Crippen LogP contribution in [0, 0.1) is 12.7 Å². The van der Waals surface area contributed by atoms with Crippen LogP contribution >= 0.6 is 24.0 Å². The quantitative estimate of drug-likeness (QED) is 0.265. The smallest absolute Gasteiger partial charge is 0.191 e. The van der Waals surface area contributed by atoms with E-state index in [0.717, 1.165) is 35.4 Å². The van der Waals surface area contributed by atoms with Crippen molar-refractivity contribution in [3.8, 4) is 5.75 Å². The average Bonchev–Trinajstić information content (AvgIpc) is 2.70. The average molecular weight is 515 g/mol. The number of aliphatic imine (C=N–C) groups is 1. The normalized spacial score (nSPS) is 11.0. The number of aryl methyl sites for hydroxylation is 1. The zero-order valence-electron chi connectivity index (χ0n) is 17.3. The van der Waals surface area contributed by atoms with Crippen LogP contribution in [0.4, 0.5) is 4.39 Å². The van der Waals surface area contributed by atoms with Crippen LogP contribution in [0.5, 0.6) is 5.75 Å². The summed E-state index contributed by atoms with van der Waals surface area (Å²) in [5.74, 6) is 1.15. The molecule has 0 fully saturated rings. The van der Waals surface area contributed by atoms with Crippen LogP contribution in [0.15, 0.2) is 41.4 Å². The molecule has 0 aromatic heterocycles. The van der Waals surface area contributed by atoms with Crippen molar-refractivity contribution in [2.75, 3.05) is 13.2 Å². The molecule has 7 heteroatoms. The van der Waals surface area contributed by atoms with E-state index in [-0.39, 0.29) is 36.1 Å². The number of aliphatic hydroxyl groups is 1. The first-order valence-electron chi connectivity index (χ1n) is 9.70. The van der Waals surface area contributed by atoms with Gasteiger partial charge in [-0.3, -0.25) is 0 Å². The molecule has 2 rings (SSSR count). The summed E-state index contributed by atoms with van der Waals surface area (Å²) in [4.78, 5) is 4.56. The van der Waals surface area contributed by atoms with Gasteiger partial charge in [0, 0.05) is 24.2 Å². The number of hydrogen-bond donors (Lipinski definition) is 3. The molecule has 0 saturated carbocycles. The molecule has 0 spiro atoms. The maximum absolute atomic E-state index is 13.5. The Morgan fingerprint density at radius 3 is 2.59 bits per heavy atom. The van der Waals surface area contributed by atoms with E-state index >= 15 is 0 Å². The van der Waals surface area contributed by atoms with Gasteiger partial charge in [0.1, 0.15) is 11.6 Å². The molecule has 0 aliphatic carbocycles. The molecule has 0 heterocycles. The Kier molecular flexibility index (Phi) is 11.6. The lowest BCUT2D eigenvalue weighted by Crippen LogP contribution is -2.36. The Morgan fingerprint density at radius 1 is 1.10 bits per heavy atom. The van der Waals surface area contributed by atoms with Crippen molar-refractivity contribution in [1.29, 1.82) is 0 Å². The van der Waals surface area contributed by atoms with E-state index in [1.165, 1.54) is 6.07 Å². The summed E-state index contributed by atoms with van der Waals surface area (Å²) in [6.45, 7) is 8.18. The highest BCUT2D eigenvalue weighted by Crippen LogP contribution is 2.20. The fourth-order valence-electron chi connectivity index (χ4n) is 2.69. The number of hydrogen-bond acceptors (Lipinski definition) is 3. The van der Waals surface area contributed by atoms with Gasteiger partial charge >= 0.3 is 0 Å². The molecule has 0 radical (unpaired) electrons. The molecule has 0 amide bonds. The number of guanidine groups is 1. The third-order valence-electron chi connectivity index (χ3n) is 4.18. The Balaban J connectivity index is 0.00000420. The van der Waals surface area contributed by atoms with Gasteiger partial charge < -0.3 is 20.5 Å². The molecule has 0 atom stereocenters. The van der Waals surface area contributed by atoms with E-state index < -0.39 is 5.82 Å². The van der Waals surface area contributed by atoms with Crippen LogP contribution in [0.25, 0.3) is 0 Å². The monoisotopic (exact) mass is 515 g/mol. The third kappa shape index (κ3) is 8.18. The fraction of sp³-hybridized carbons (Fsp3) is 0.409. The van der Waals surface area contributed by atoms with Crippen molar-refractivity contribution >= 4 is 29.9 Å². The van der Waals surface area contributed by atoms with E-state index in [4.69, 9.17) is 4.74 Å². The Morgan fingerprint density at radius 2 is 1.90 bits per heavy atom. The van der Waals surface area contributed by atoms with Crippen molar-refractivity contribution in [2.24, 2.45) is 4.99 Å². The van der Waals surface area contributed by atoms with Gasteiger partial charge in [0.25, 0.3) is 0 Å². The van der Waals surface area contributed by atoms with E-state index in [1.54, 1.807) is 12.1 Å². The second-order valence-corrected chi connectivity index (χ2v) is 6.59. The minimum absolute atomic E-state index is 0. The SMILES string of the molecule is CCCOc1cc(C)ccc1CNC(=NCc1ccc(F)c(CO)c1)NCC.I. The maximum Gasteiger partial charge on any atom is 0.191 e. The summed E-state index contributed by atoms with van der Waals surface area (Å²) in [5, 5.41) is 15.7. The molecule has 0 saturated heterocycles. The minimum atomic E-state index is -0.403. The number of ether oxygens (including phenoxy) is 1. The van der Waals surface area contributed by atoms with Gasteiger partial charge in [-0.1, -0.05) is 25.1 Å². The van der Waals surface area contributed by atoms with Gasteiger partial charge in [-0.15, -0.1) is 24.0 Å². The standard InChI is InChI=1S/C22H30FN3O2.HI/c1-4-10-28-21-11-16(3)6-8-18(21)14-26-22(24-5-2)25-13-17-7-9-20(23)19(12-17)15-27;/h6-9,11-12,27H,4-5,10,13-15H2,1-3H3,(H2,24,25,26);1H. The molecule has 3 N–H and O–H groups in total. The van der Waals surface area contributed by atoms with E-state index in [2.05, 4.69) is 34.7 Å². The maximum atomic E-state index is 13.5. The molecule has 5 nitrogen and oxygen atoms in total. The van der Waals surface area contributed by atoms with Crippen LogP contribution < -0.4 is 15.4 Å². The van der Waals surface area contributed by atoms with Crippen LogP contribution in [0.3, 0.4) is 0 Å². The molecule has 0 unspecified atom stereocenters. The molecule has 2 aromatic carbocycles. The van der Waals surface area contributed by atoms with Gasteiger partial charge in [0.05, 0.1) is 19.8 Å². The third-order valence-corrected chi connectivity index (χ3v) is 4.18. The minimum Gasteiger partial charge on any atom is -0.493 e. The number of benzene rings is 2. The van der Waals surface area contributed by atoms with Crippen LogP contribution in [0.1, 0.15) is 42.5 Å². The number of halogens is 2. The number of aliphatic hydroxyl groups excluding tert-OH is 1. The van der Waals surface area contributed by atoms with Crippen molar-refractivity contribution in [1.82, 2.24) is 10.6 Å². The lowest BCUT2D eigenvalue weighted by molar-refractivity contribution is 0.275. The number of nitrogens with one attached hydrogen (secondary N) is 2. The van der Waals surface area contributed by atoms with Crippen LogP contribution in [-0.2, 0) is 19.7 Å². The van der Waals surface area contributed by atoms with E-state index in [1.807, 2.05) is 19.9 Å². The summed E-state index contributed by atoms with van der Waals surface area (Å²) < 4.78 is 19.4. The van der Waals surface area contributed by atoms with E-state index in [0.29, 0.717) is 25.7 Å². The van der Waals surface area contributed by atoms with Crippen LogP contribution in [0.2, 0.25) is 0 Å². The fourth-order valence-corrected chi connectivity index (χ4v) is 2.69. The van der Waals surface area contributed by atoms with Crippen molar-refractivity contribution in [2.45, 2.75) is 46.9 Å². The molecule has 0 aliphatic heterocycles. The molecule has 0 aliphatic rings. The van der Waals surface area contributed by atoms with Gasteiger partial charge in [-0.05, 0) is 49.6 Å². The lowest BCUT2D eigenvalue weighted by atomic mass is 10.1. The highest BCUT2D eigenvalue weighted by molar-refractivity contribution is 14.0. The first-order valence-corrected chi connectivity index (χ1v) is 9.70. The molecule has 2 aromatic rings. The summed E-state index contributed by atoms with van der Waals surface area (Å²) in [6.07, 6.45) is 0.957. The largest absolute Gasteiger partial charge is 0.493 e. The van der Waals surface area contributed by atoms with Crippen LogP contribution in [-0.4, -0.2) is 24.2 Å². The predicted octanol–water partition coefficient (Wildman–Crippen LogP) is 4.29. The molecule has 160 valence electrons. The van der Waals surface area contributed by atoms with Gasteiger partial charge in [0.15, 0.2) is 5.96 Å². The Bertz CT molecular complexity index is 800. The lowest BCUT2D eigenvalue weighted by Gasteiger charge is -2.15. The summed E-state index contributed by atoms with van der Waals surface area (Å²) >= 11 is 0. The van der Waals surface area contributed by atoms with Crippen molar-refractivity contribution < 1.29 is 14.2 Å². The number of rotatable bonds is 9. The topological polar surface area (TPSA) is 65.9 Å². The molecular weight excluding hydrogens is 484 g/mol. The summed E-state index contributed by atoms with van der Waals surface area (Å²) in [5.41, 5.74) is 3.34. The van der Waals surface area contributed by atoms with Crippen molar-refractivity contribution in [3.05, 3.63) is 64.5 Å². The van der Waals surface area contributed by atoms with Gasteiger partial charge in [0.2, 0.25) is 0 Å². The Hall–Kier alpha value is -1.87. The van der Waals surface area contributed by atoms with Crippen molar-refractivity contribution in [3.63, 3.8) is 0 Å². The first-order chi connectivity index (χ1) is 13.6. The summed E-state index contributed by atoms with van der Waals surface area (Å²) in [6, 6.07) is 10.8. The highest BCUT2D eigenvalue weighted by Gasteiger charge is 2.07. The number of nitrogens with zero attached hydrogens (tertiary/aromatic N) is 1. The first kappa shape index (κ1) is 25.2. The second kappa shape index (κ2) is 13.4. The van der Waals surface area contributed by atoms with E-state index in [9.17, 15) is 9.50 Å². The molecular formula is C22H31FIN3O2. The highest BCUT2D eigenvalue weighted by atomic mass is 127. The molecule has 29 heavy (non-hydrogen) atoms. The zero-order valence-corrected chi connectivity index (χ0v) is 19.6. The zero-order chi connectivity index (χ0) is 20.4. The summed E-state index contributed by atoms with van der Waals surface area (Å²) in [7, 11) is 0. The predicted molar refractivity (Wildman–Crippen MR) is 126 cm³/mol. The van der Waals surface area contributed by atoms with Gasteiger partial charge in [-0.25, -0.2) is 9.38 Å². The van der Waals surface area contributed by atoms with Gasteiger partial charge in [-0.2, -0.15) is 0 Å².